The summed E-state index contributed by atoms with van der Waals surface area (Å²) < 4.78 is 37.7. The van der Waals surface area contributed by atoms with Gasteiger partial charge < -0.3 is 10.6 Å². The molecule has 1 fully saturated rings. The summed E-state index contributed by atoms with van der Waals surface area (Å²) in [6.45, 7) is 2.56. The van der Waals surface area contributed by atoms with E-state index < -0.39 is 12.1 Å². The fourth-order valence-corrected chi connectivity index (χ4v) is 2.47. The first-order valence-corrected chi connectivity index (χ1v) is 6.46. The van der Waals surface area contributed by atoms with E-state index in [-0.39, 0.29) is 5.92 Å². The van der Waals surface area contributed by atoms with Crippen LogP contribution < -0.4 is 10.6 Å². The minimum absolute atomic E-state index is 0.199. The fraction of sp³-hybridized carbons (Fsp3) is 1.00. The highest BCUT2D eigenvalue weighted by Crippen LogP contribution is 2.39. The van der Waals surface area contributed by atoms with Gasteiger partial charge in [-0.2, -0.15) is 13.2 Å². The van der Waals surface area contributed by atoms with Gasteiger partial charge in [-0.25, -0.2) is 0 Å². The Hall–Kier alpha value is -0.290. The molecule has 0 aromatic rings. The van der Waals surface area contributed by atoms with E-state index >= 15 is 0 Å². The van der Waals surface area contributed by atoms with Crippen LogP contribution in [0.15, 0.2) is 0 Å². The van der Waals surface area contributed by atoms with Crippen molar-refractivity contribution in [2.75, 3.05) is 26.7 Å². The molecule has 0 aliphatic heterocycles. The topological polar surface area (TPSA) is 24.1 Å². The predicted molar refractivity (Wildman–Crippen MR) is 62.9 cm³/mol. The van der Waals surface area contributed by atoms with E-state index in [1.54, 1.807) is 0 Å². The zero-order chi connectivity index (χ0) is 12.7. The lowest BCUT2D eigenvalue weighted by Crippen LogP contribution is -2.33. The second-order valence-corrected chi connectivity index (χ2v) is 4.93. The van der Waals surface area contributed by atoms with Gasteiger partial charge in [0.15, 0.2) is 0 Å². The summed E-state index contributed by atoms with van der Waals surface area (Å²) in [5.41, 5.74) is 0. The molecule has 0 saturated heterocycles. The van der Waals surface area contributed by atoms with E-state index in [1.807, 2.05) is 7.05 Å². The van der Waals surface area contributed by atoms with Crippen LogP contribution in [0.3, 0.4) is 0 Å². The van der Waals surface area contributed by atoms with Gasteiger partial charge in [-0.3, -0.25) is 0 Å². The minimum Gasteiger partial charge on any atom is -0.320 e. The summed E-state index contributed by atoms with van der Waals surface area (Å²) in [5, 5.41) is 6.30. The van der Waals surface area contributed by atoms with Crippen molar-refractivity contribution < 1.29 is 13.2 Å². The number of hydrogen-bond acceptors (Lipinski definition) is 2. The smallest absolute Gasteiger partial charge is 0.320 e. The third-order valence-corrected chi connectivity index (χ3v) is 3.46. The number of alkyl halides is 3. The standard InChI is InChI=1S/C12H23F3N2/c1-16-6-3-7-17-9-10-4-2-5-11(8-10)12(13,14)15/h10-11,16-17H,2-9H2,1H3. The molecule has 1 rings (SSSR count). The Morgan fingerprint density at radius 3 is 2.59 bits per heavy atom. The van der Waals surface area contributed by atoms with Crippen LogP contribution in [0.25, 0.3) is 0 Å². The van der Waals surface area contributed by atoms with Gasteiger partial charge in [0.1, 0.15) is 0 Å². The van der Waals surface area contributed by atoms with Crippen LogP contribution in [-0.4, -0.2) is 32.9 Å². The quantitative estimate of drug-likeness (QED) is 0.710. The maximum atomic E-state index is 12.6. The van der Waals surface area contributed by atoms with Crippen molar-refractivity contribution in [3.8, 4) is 0 Å². The molecule has 0 heterocycles. The Morgan fingerprint density at radius 2 is 1.94 bits per heavy atom. The Labute approximate surface area is 101 Å². The van der Waals surface area contributed by atoms with E-state index in [2.05, 4.69) is 10.6 Å². The molecule has 2 atom stereocenters. The lowest BCUT2D eigenvalue weighted by molar-refractivity contribution is -0.185. The molecule has 2 unspecified atom stereocenters. The third kappa shape index (κ3) is 5.73. The van der Waals surface area contributed by atoms with Crippen molar-refractivity contribution in [2.24, 2.45) is 11.8 Å². The average molecular weight is 252 g/mol. The van der Waals surface area contributed by atoms with Gasteiger partial charge in [-0.15, -0.1) is 0 Å². The van der Waals surface area contributed by atoms with Crippen molar-refractivity contribution in [3.05, 3.63) is 0 Å². The van der Waals surface area contributed by atoms with Crippen molar-refractivity contribution in [3.63, 3.8) is 0 Å². The molecular formula is C12H23F3N2. The molecule has 0 amide bonds. The molecule has 0 bridgehead atoms. The van der Waals surface area contributed by atoms with Crippen molar-refractivity contribution in [1.82, 2.24) is 10.6 Å². The molecule has 0 aromatic heterocycles. The number of hydrogen-bond donors (Lipinski definition) is 2. The molecule has 1 aliphatic carbocycles. The molecule has 0 aromatic carbocycles. The zero-order valence-electron chi connectivity index (χ0n) is 10.4. The number of rotatable bonds is 6. The second-order valence-electron chi connectivity index (χ2n) is 4.93. The van der Waals surface area contributed by atoms with Crippen LogP contribution in [0.2, 0.25) is 0 Å². The van der Waals surface area contributed by atoms with Crippen LogP contribution in [0, 0.1) is 11.8 Å². The Morgan fingerprint density at radius 1 is 1.18 bits per heavy atom. The van der Waals surface area contributed by atoms with E-state index in [1.165, 1.54) is 0 Å². The molecule has 1 saturated carbocycles. The van der Waals surface area contributed by atoms with E-state index in [0.29, 0.717) is 19.3 Å². The predicted octanol–water partition coefficient (Wildman–Crippen LogP) is 2.55. The summed E-state index contributed by atoms with van der Waals surface area (Å²) in [4.78, 5) is 0. The SMILES string of the molecule is CNCCCNCC1CCCC(C(F)(F)F)C1. The molecular weight excluding hydrogens is 229 g/mol. The van der Waals surface area contributed by atoms with E-state index in [4.69, 9.17) is 0 Å². The first-order valence-electron chi connectivity index (χ1n) is 6.46. The molecule has 0 spiro atoms. The van der Waals surface area contributed by atoms with Crippen LogP contribution in [0.5, 0.6) is 0 Å². The van der Waals surface area contributed by atoms with Crippen molar-refractivity contribution in [1.29, 1.82) is 0 Å². The van der Waals surface area contributed by atoms with Gasteiger partial charge in [0, 0.05) is 0 Å². The van der Waals surface area contributed by atoms with Crippen LogP contribution in [-0.2, 0) is 0 Å². The van der Waals surface area contributed by atoms with Crippen LogP contribution >= 0.6 is 0 Å². The van der Waals surface area contributed by atoms with Gasteiger partial charge in [-0.1, -0.05) is 6.42 Å². The lowest BCUT2D eigenvalue weighted by atomic mass is 9.81. The first kappa shape index (κ1) is 14.8. The summed E-state index contributed by atoms with van der Waals surface area (Å²) in [6, 6.07) is 0. The summed E-state index contributed by atoms with van der Waals surface area (Å²) in [7, 11) is 1.90. The van der Waals surface area contributed by atoms with E-state index in [9.17, 15) is 13.2 Å². The monoisotopic (exact) mass is 252 g/mol. The maximum absolute atomic E-state index is 12.6. The zero-order valence-corrected chi connectivity index (χ0v) is 10.4. The van der Waals surface area contributed by atoms with Gasteiger partial charge in [0.05, 0.1) is 5.92 Å². The highest BCUT2D eigenvalue weighted by Gasteiger charge is 2.41. The largest absolute Gasteiger partial charge is 0.391 e. The van der Waals surface area contributed by atoms with Gasteiger partial charge in [0.2, 0.25) is 0 Å². The molecule has 0 radical (unpaired) electrons. The molecule has 2 nitrogen and oxygen atoms in total. The Kier molecular flexibility index (Phi) is 6.27. The Balaban J connectivity index is 2.17. The maximum Gasteiger partial charge on any atom is 0.391 e. The van der Waals surface area contributed by atoms with Crippen molar-refractivity contribution in [2.45, 2.75) is 38.3 Å². The summed E-state index contributed by atoms with van der Waals surface area (Å²) in [5.74, 6) is -0.870. The second kappa shape index (κ2) is 7.21. The average Bonchev–Trinajstić information content (AvgIpc) is 2.28. The van der Waals surface area contributed by atoms with Gasteiger partial charge in [-0.05, 0) is 58.3 Å². The Bertz CT molecular complexity index is 206. The molecule has 1 aliphatic rings. The van der Waals surface area contributed by atoms with Gasteiger partial charge >= 0.3 is 6.18 Å². The van der Waals surface area contributed by atoms with Crippen LogP contribution in [0.1, 0.15) is 32.1 Å². The minimum atomic E-state index is -4.00. The van der Waals surface area contributed by atoms with Gasteiger partial charge in [0.25, 0.3) is 0 Å². The summed E-state index contributed by atoms with van der Waals surface area (Å²) in [6.07, 6.45) is -0.697. The first-order chi connectivity index (χ1) is 8.04. The molecule has 2 N–H and O–H groups in total. The van der Waals surface area contributed by atoms with Crippen LogP contribution in [0.4, 0.5) is 13.2 Å². The lowest BCUT2D eigenvalue weighted by Gasteiger charge is -2.30. The molecule has 5 heteroatoms. The molecule has 102 valence electrons. The third-order valence-electron chi connectivity index (χ3n) is 3.46. The fourth-order valence-electron chi connectivity index (χ4n) is 2.47. The normalized spacial score (nSPS) is 26.1. The number of nitrogens with one attached hydrogen (secondary N) is 2. The highest BCUT2D eigenvalue weighted by atomic mass is 19.4. The van der Waals surface area contributed by atoms with Crippen molar-refractivity contribution >= 4 is 0 Å². The summed E-state index contributed by atoms with van der Waals surface area (Å²) >= 11 is 0. The number of halogens is 3. The molecule has 17 heavy (non-hydrogen) atoms. The highest BCUT2D eigenvalue weighted by molar-refractivity contribution is 4.78. The van der Waals surface area contributed by atoms with E-state index in [0.717, 1.165) is 32.5 Å².